The molecule has 2 aromatic heterocycles. The molecule has 0 spiro atoms. The number of H-pyrrole nitrogens is 1. The summed E-state index contributed by atoms with van der Waals surface area (Å²) < 4.78 is 1.69. The van der Waals surface area contributed by atoms with Crippen LogP contribution in [0.1, 0.15) is 0 Å². The molecule has 0 saturated carbocycles. The van der Waals surface area contributed by atoms with Gasteiger partial charge in [0.25, 0.3) is 0 Å². The number of aromatic nitrogens is 2. The zero-order chi connectivity index (χ0) is 6.97. The maximum Gasteiger partial charge on any atom is 0.153 e. The lowest BCUT2D eigenvalue weighted by molar-refractivity contribution is 0.177. The van der Waals surface area contributed by atoms with E-state index in [1.54, 1.807) is 11.8 Å². The quantitative estimate of drug-likeness (QED) is 0.623. The third kappa shape index (κ3) is 0.543. The summed E-state index contributed by atoms with van der Waals surface area (Å²) in [5.74, 6) is 0. The predicted molar refractivity (Wildman–Crippen MR) is 38.8 cm³/mol. The molecule has 3 heteroatoms. The molecular formula is C7H8N2O. The predicted octanol–water partition coefficient (Wildman–Crippen LogP) is 1.03. The average molecular weight is 136 g/mol. The zero-order valence-corrected chi connectivity index (χ0v) is 5.66. The highest BCUT2D eigenvalue weighted by Crippen LogP contribution is 2.10. The van der Waals surface area contributed by atoms with Gasteiger partial charge in [0.05, 0.1) is 0 Å². The summed E-state index contributed by atoms with van der Waals surface area (Å²) >= 11 is 0. The number of hydrogen-bond donors (Lipinski definition) is 1. The van der Waals surface area contributed by atoms with Crippen molar-refractivity contribution in [3.63, 3.8) is 0 Å². The van der Waals surface area contributed by atoms with Gasteiger partial charge in [0.2, 0.25) is 0 Å². The van der Waals surface area contributed by atoms with Crippen LogP contribution < -0.4 is 4.84 Å². The normalized spacial score (nSPS) is 10.5. The topological polar surface area (TPSA) is 29.9 Å². The minimum atomic E-state index is 1.00. The first-order valence-electron chi connectivity index (χ1n) is 3.11. The highest BCUT2D eigenvalue weighted by atomic mass is 16.6. The van der Waals surface area contributed by atoms with E-state index in [1.165, 1.54) is 5.39 Å². The van der Waals surface area contributed by atoms with Crippen molar-refractivity contribution in [3.05, 3.63) is 24.5 Å². The Labute approximate surface area is 58.2 Å². The Morgan fingerprint density at radius 1 is 1.50 bits per heavy atom. The molecule has 0 bridgehead atoms. The van der Waals surface area contributed by atoms with E-state index in [0.29, 0.717) is 0 Å². The first-order valence-corrected chi connectivity index (χ1v) is 3.11. The van der Waals surface area contributed by atoms with Crippen LogP contribution in [-0.2, 0) is 0 Å². The van der Waals surface area contributed by atoms with Gasteiger partial charge in [-0.25, -0.2) is 0 Å². The number of fused-ring (bicyclic) bond motifs is 1. The summed E-state index contributed by atoms with van der Waals surface area (Å²) in [5.41, 5.74) is 1.00. The molecule has 2 heterocycles. The van der Waals surface area contributed by atoms with E-state index in [9.17, 15) is 0 Å². The summed E-state index contributed by atoms with van der Waals surface area (Å²) in [7, 11) is 1.64. The third-order valence-corrected chi connectivity index (χ3v) is 1.56. The van der Waals surface area contributed by atoms with Gasteiger partial charge < -0.3 is 9.82 Å². The van der Waals surface area contributed by atoms with E-state index in [2.05, 4.69) is 4.98 Å². The van der Waals surface area contributed by atoms with Crippen molar-refractivity contribution in [3.8, 4) is 0 Å². The molecule has 0 aliphatic rings. The number of nitrogens with zero attached hydrogens (tertiary/aromatic N) is 1. The lowest BCUT2D eigenvalue weighted by Crippen LogP contribution is -2.02. The van der Waals surface area contributed by atoms with Crippen LogP contribution in [-0.4, -0.2) is 16.8 Å². The Morgan fingerprint density at radius 2 is 2.40 bits per heavy atom. The fourth-order valence-electron chi connectivity index (χ4n) is 1.07. The Morgan fingerprint density at radius 3 is 3.20 bits per heavy atom. The van der Waals surface area contributed by atoms with Crippen LogP contribution in [0.2, 0.25) is 0 Å². The minimum absolute atomic E-state index is 1.00. The van der Waals surface area contributed by atoms with Crippen LogP contribution in [0.15, 0.2) is 24.5 Å². The second kappa shape index (κ2) is 1.80. The second-order valence-electron chi connectivity index (χ2n) is 2.11. The molecule has 0 saturated heterocycles. The average Bonchev–Trinajstić information content (AvgIpc) is 2.44. The molecule has 52 valence electrons. The molecule has 2 rings (SSSR count). The summed E-state index contributed by atoms with van der Waals surface area (Å²) in [4.78, 5) is 8.07. The first kappa shape index (κ1) is 5.41. The SMILES string of the molecule is COn1ccc2cc[nH]c21. The van der Waals surface area contributed by atoms with Crippen molar-refractivity contribution < 1.29 is 4.84 Å². The van der Waals surface area contributed by atoms with E-state index in [-0.39, 0.29) is 0 Å². The number of hydrogen-bond acceptors (Lipinski definition) is 1. The fourth-order valence-corrected chi connectivity index (χ4v) is 1.07. The molecule has 0 radical (unpaired) electrons. The highest BCUT2D eigenvalue weighted by Gasteiger charge is 1.98. The van der Waals surface area contributed by atoms with Crippen molar-refractivity contribution in [1.29, 1.82) is 0 Å². The van der Waals surface area contributed by atoms with Gasteiger partial charge >= 0.3 is 0 Å². The van der Waals surface area contributed by atoms with Crippen LogP contribution in [0, 0.1) is 0 Å². The van der Waals surface area contributed by atoms with Crippen LogP contribution in [0.25, 0.3) is 11.0 Å². The second-order valence-corrected chi connectivity index (χ2v) is 2.11. The molecular weight excluding hydrogens is 128 g/mol. The van der Waals surface area contributed by atoms with E-state index in [1.807, 2.05) is 24.5 Å². The van der Waals surface area contributed by atoms with E-state index < -0.39 is 0 Å². The molecule has 0 aliphatic carbocycles. The van der Waals surface area contributed by atoms with Gasteiger partial charge in [0.1, 0.15) is 7.11 Å². The maximum absolute atomic E-state index is 5.01. The molecule has 1 N–H and O–H groups in total. The molecule has 2 aromatic rings. The molecule has 0 amide bonds. The van der Waals surface area contributed by atoms with Gasteiger partial charge in [-0.1, -0.05) is 0 Å². The summed E-state index contributed by atoms with van der Waals surface area (Å²) in [6.07, 6.45) is 3.77. The van der Waals surface area contributed by atoms with Gasteiger partial charge in [-0.3, -0.25) is 0 Å². The van der Waals surface area contributed by atoms with Gasteiger partial charge in [-0.15, -0.1) is 0 Å². The van der Waals surface area contributed by atoms with Gasteiger partial charge in [0.15, 0.2) is 5.65 Å². The largest absolute Gasteiger partial charge is 0.416 e. The minimum Gasteiger partial charge on any atom is -0.416 e. The molecule has 10 heavy (non-hydrogen) atoms. The molecule has 0 aromatic carbocycles. The molecule has 0 aliphatic heterocycles. The lowest BCUT2D eigenvalue weighted by atomic mass is 10.4. The monoisotopic (exact) mass is 136 g/mol. The molecule has 0 unspecified atom stereocenters. The molecule has 0 fully saturated rings. The van der Waals surface area contributed by atoms with Gasteiger partial charge in [-0.2, -0.15) is 4.73 Å². The van der Waals surface area contributed by atoms with Crippen LogP contribution in [0.4, 0.5) is 0 Å². The number of rotatable bonds is 1. The highest BCUT2D eigenvalue weighted by molar-refractivity contribution is 5.76. The Balaban J connectivity index is 2.76. The zero-order valence-electron chi connectivity index (χ0n) is 5.66. The van der Waals surface area contributed by atoms with Crippen molar-refractivity contribution in [1.82, 2.24) is 9.71 Å². The Hall–Kier alpha value is -1.38. The van der Waals surface area contributed by atoms with Crippen LogP contribution in [0.3, 0.4) is 0 Å². The van der Waals surface area contributed by atoms with E-state index >= 15 is 0 Å². The number of nitrogens with one attached hydrogen (secondary N) is 1. The van der Waals surface area contributed by atoms with Gasteiger partial charge in [-0.05, 0) is 12.1 Å². The van der Waals surface area contributed by atoms with E-state index in [0.717, 1.165) is 5.65 Å². The van der Waals surface area contributed by atoms with Crippen LogP contribution >= 0.6 is 0 Å². The first-order chi connectivity index (χ1) is 4.92. The van der Waals surface area contributed by atoms with Gasteiger partial charge in [0, 0.05) is 17.8 Å². The number of aromatic amines is 1. The standard InChI is InChI=1S/C7H8N2O/c1-10-9-5-3-6-2-4-8-7(6)9/h2-5,8H,1H3. The Bertz CT molecular complexity index is 334. The summed E-state index contributed by atoms with van der Waals surface area (Å²) in [6, 6.07) is 4.00. The summed E-state index contributed by atoms with van der Waals surface area (Å²) in [6.45, 7) is 0. The van der Waals surface area contributed by atoms with Crippen molar-refractivity contribution in [2.24, 2.45) is 0 Å². The lowest BCUT2D eigenvalue weighted by Gasteiger charge is -1.97. The third-order valence-electron chi connectivity index (χ3n) is 1.56. The summed E-state index contributed by atoms with van der Waals surface area (Å²) in [5, 5.41) is 1.17. The van der Waals surface area contributed by atoms with E-state index in [4.69, 9.17) is 4.84 Å². The van der Waals surface area contributed by atoms with Crippen molar-refractivity contribution >= 4 is 11.0 Å². The maximum atomic E-state index is 5.01. The molecule has 0 atom stereocenters. The van der Waals surface area contributed by atoms with Crippen molar-refractivity contribution in [2.75, 3.05) is 7.11 Å². The molecule has 3 nitrogen and oxygen atoms in total. The Kier molecular flexibility index (Phi) is 0.974. The van der Waals surface area contributed by atoms with Crippen molar-refractivity contribution in [2.45, 2.75) is 0 Å². The van der Waals surface area contributed by atoms with Crippen LogP contribution in [0.5, 0.6) is 0 Å². The fraction of sp³-hybridized carbons (Fsp3) is 0.143. The smallest absolute Gasteiger partial charge is 0.153 e.